The number of carbonyl (C=O) groups is 3. The van der Waals surface area contributed by atoms with Gasteiger partial charge in [0.1, 0.15) is 22.6 Å². The van der Waals surface area contributed by atoms with Crippen LogP contribution in [0.1, 0.15) is 42.9 Å². The van der Waals surface area contributed by atoms with Crippen molar-refractivity contribution in [3.05, 3.63) is 112 Å². The fourth-order valence-electron chi connectivity index (χ4n) is 3.89. The number of rotatable bonds is 8. The summed E-state index contributed by atoms with van der Waals surface area (Å²) in [6, 6.07) is 16.4. The monoisotopic (exact) mass is 535 g/mol. The molecular formula is C27H23F2N5O3S. The molecule has 0 saturated carbocycles. The highest BCUT2D eigenvalue weighted by molar-refractivity contribution is 7.09. The summed E-state index contributed by atoms with van der Waals surface area (Å²) in [5, 5.41) is 2.78. The van der Waals surface area contributed by atoms with Gasteiger partial charge in [-0.25, -0.2) is 8.78 Å². The number of nitrogens with zero attached hydrogens (tertiary/aromatic N) is 2. The Kier molecular flexibility index (Phi) is 7.77. The van der Waals surface area contributed by atoms with Gasteiger partial charge in [0.15, 0.2) is 5.69 Å². The molecule has 1 aromatic heterocycles. The minimum Gasteiger partial charge on any atom is -0.395 e. The summed E-state index contributed by atoms with van der Waals surface area (Å²) in [4.78, 5) is 40.6. The molecule has 3 aromatic carbocycles. The number of halogens is 2. The Bertz CT molecular complexity index is 1490. The SMILES string of the molecule is Cc1ccccc1N(C(=O)c1snc(C(N)=O)c1N)[C@@H](C(=O)NCc1ccc(F)cc1)c1ccc(F)cc1. The smallest absolute Gasteiger partial charge is 0.273 e. The molecule has 4 aromatic rings. The standard InChI is InChI=1S/C27H23F2N5O3S/c1-15-4-2-3-5-20(15)34(27(37)24-21(30)22(25(31)35)33-38-24)23(17-8-12-19(29)13-9-17)26(36)32-14-16-6-10-18(28)11-7-16/h2-13,23H,14,30H2,1H3,(H2,31,35)(H,32,36)/t23-/m1/s1. The lowest BCUT2D eigenvalue weighted by Gasteiger charge is -2.32. The first-order valence-corrected chi connectivity index (χ1v) is 12.2. The number of primary amides is 1. The van der Waals surface area contributed by atoms with E-state index in [0.29, 0.717) is 33.9 Å². The van der Waals surface area contributed by atoms with Crippen molar-refractivity contribution in [3.8, 4) is 0 Å². The zero-order valence-corrected chi connectivity index (χ0v) is 21.0. The summed E-state index contributed by atoms with van der Waals surface area (Å²) in [7, 11) is 0. The lowest BCUT2D eigenvalue weighted by molar-refractivity contribution is -0.122. The Labute approximate surface area is 221 Å². The predicted molar refractivity (Wildman–Crippen MR) is 140 cm³/mol. The molecule has 0 aliphatic heterocycles. The van der Waals surface area contributed by atoms with Crippen molar-refractivity contribution >= 4 is 40.6 Å². The quantitative estimate of drug-likeness (QED) is 0.312. The number of benzene rings is 3. The minimum absolute atomic E-state index is 0.0428. The Morgan fingerprint density at radius 2 is 1.58 bits per heavy atom. The number of amides is 3. The summed E-state index contributed by atoms with van der Waals surface area (Å²) in [5.41, 5.74) is 12.9. The van der Waals surface area contributed by atoms with Gasteiger partial charge in [-0.1, -0.05) is 42.5 Å². The van der Waals surface area contributed by atoms with Gasteiger partial charge < -0.3 is 16.8 Å². The highest BCUT2D eigenvalue weighted by atomic mass is 32.1. The van der Waals surface area contributed by atoms with Gasteiger partial charge in [-0.3, -0.25) is 19.3 Å². The summed E-state index contributed by atoms with van der Waals surface area (Å²) >= 11 is 0.686. The molecule has 4 rings (SSSR count). The maximum Gasteiger partial charge on any atom is 0.273 e. The predicted octanol–water partition coefficient (Wildman–Crippen LogP) is 4.12. The van der Waals surface area contributed by atoms with Gasteiger partial charge in [0.05, 0.1) is 5.69 Å². The van der Waals surface area contributed by atoms with E-state index in [1.165, 1.54) is 53.4 Å². The number of aromatic nitrogens is 1. The summed E-state index contributed by atoms with van der Waals surface area (Å²) in [6.07, 6.45) is 0. The number of nitrogens with one attached hydrogen (secondary N) is 1. The van der Waals surface area contributed by atoms with E-state index in [0.717, 1.165) is 0 Å². The van der Waals surface area contributed by atoms with E-state index in [1.54, 1.807) is 31.2 Å². The second kappa shape index (κ2) is 11.2. The fraction of sp³-hybridized carbons (Fsp3) is 0.111. The summed E-state index contributed by atoms with van der Waals surface area (Å²) < 4.78 is 31.1. The van der Waals surface area contributed by atoms with Crippen LogP contribution in [0, 0.1) is 18.6 Å². The van der Waals surface area contributed by atoms with Crippen LogP contribution in [0.4, 0.5) is 20.2 Å². The number of hydrogen-bond donors (Lipinski definition) is 3. The second-order valence-corrected chi connectivity index (χ2v) is 9.17. The molecule has 1 heterocycles. The van der Waals surface area contributed by atoms with Crippen LogP contribution >= 0.6 is 11.5 Å². The van der Waals surface area contributed by atoms with Crippen LogP contribution < -0.4 is 21.7 Å². The third kappa shape index (κ3) is 5.52. The van der Waals surface area contributed by atoms with Crippen LogP contribution in [0.3, 0.4) is 0 Å². The van der Waals surface area contributed by atoms with E-state index in [9.17, 15) is 23.2 Å². The molecule has 194 valence electrons. The highest BCUT2D eigenvalue weighted by Gasteiger charge is 2.36. The van der Waals surface area contributed by atoms with Crippen molar-refractivity contribution in [2.75, 3.05) is 10.6 Å². The van der Waals surface area contributed by atoms with Crippen molar-refractivity contribution in [2.45, 2.75) is 19.5 Å². The molecule has 5 N–H and O–H groups in total. The Morgan fingerprint density at radius 3 is 2.16 bits per heavy atom. The van der Waals surface area contributed by atoms with Gasteiger partial charge in [-0.2, -0.15) is 4.37 Å². The molecule has 3 amide bonds. The molecule has 0 unspecified atom stereocenters. The fourth-order valence-corrected chi connectivity index (χ4v) is 4.63. The number of para-hydroxylation sites is 1. The van der Waals surface area contributed by atoms with Gasteiger partial charge in [-0.05, 0) is 65.5 Å². The number of nitrogen functional groups attached to an aromatic ring is 1. The normalized spacial score (nSPS) is 11.6. The van der Waals surface area contributed by atoms with Crippen LogP contribution in [0.15, 0.2) is 72.8 Å². The third-order valence-corrected chi connectivity index (χ3v) is 6.67. The average molecular weight is 536 g/mol. The van der Waals surface area contributed by atoms with Crippen molar-refractivity contribution in [1.82, 2.24) is 9.69 Å². The zero-order chi connectivity index (χ0) is 27.4. The number of hydrogen-bond acceptors (Lipinski definition) is 6. The van der Waals surface area contributed by atoms with Gasteiger partial charge in [0, 0.05) is 12.2 Å². The van der Waals surface area contributed by atoms with E-state index in [-0.39, 0.29) is 22.8 Å². The maximum atomic E-state index is 14.0. The lowest BCUT2D eigenvalue weighted by Crippen LogP contribution is -2.44. The molecule has 8 nitrogen and oxygen atoms in total. The van der Waals surface area contributed by atoms with Gasteiger partial charge in [-0.15, -0.1) is 0 Å². The summed E-state index contributed by atoms with van der Waals surface area (Å²) in [5.74, 6) is -3.12. The van der Waals surface area contributed by atoms with E-state index >= 15 is 0 Å². The van der Waals surface area contributed by atoms with Crippen molar-refractivity contribution in [1.29, 1.82) is 0 Å². The average Bonchev–Trinajstić information content (AvgIpc) is 3.29. The van der Waals surface area contributed by atoms with E-state index < -0.39 is 35.4 Å². The van der Waals surface area contributed by atoms with Crippen molar-refractivity contribution in [3.63, 3.8) is 0 Å². The zero-order valence-electron chi connectivity index (χ0n) is 20.2. The van der Waals surface area contributed by atoms with E-state index in [1.807, 2.05) is 0 Å². The number of aryl methyl sites for hydroxylation is 1. The Morgan fingerprint density at radius 1 is 0.974 bits per heavy atom. The van der Waals surface area contributed by atoms with Crippen molar-refractivity contribution < 1.29 is 23.2 Å². The lowest BCUT2D eigenvalue weighted by atomic mass is 10.0. The van der Waals surface area contributed by atoms with Crippen LogP contribution in [-0.2, 0) is 11.3 Å². The molecule has 1 atom stereocenters. The van der Waals surface area contributed by atoms with Gasteiger partial charge in [0.25, 0.3) is 11.8 Å². The van der Waals surface area contributed by atoms with Crippen molar-refractivity contribution in [2.24, 2.45) is 5.73 Å². The molecule has 11 heteroatoms. The third-order valence-electron chi connectivity index (χ3n) is 5.82. The first-order chi connectivity index (χ1) is 18.2. The minimum atomic E-state index is -1.27. The van der Waals surface area contributed by atoms with Crippen LogP contribution in [0.25, 0.3) is 0 Å². The number of anilines is 2. The molecule has 0 spiro atoms. The molecular weight excluding hydrogens is 512 g/mol. The molecule has 0 fully saturated rings. The first-order valence-electron chi connectivity index (χ1n) is 11.4. The molecule has 0 aliphatic carbocycles. The van der Waals surface area contributed by atoms with Crippen LogP contribution in [0.2, 0.25) is 0 Å². The number of carbonyl (C=O) groups excluding carboxylic acids is 3. The van der Waals surface area contributed by atoms with E-state index in [2.05, 4.69) is 9.69 Å². The molecule has 0 aliphatic rings. The molecule has 0 bridgehead atoms. The Balaban J connectivity index is 1.82. The highest BCUT2D eigenvalue weighted by Crippen LogP contribution is 2.34. The molecule has 38 heavy (non-hydrogen) atoms. The maximum absolute atomic E-state index is 14.0. The van der Waals surface area contributed by atoms with Crippen LogP contribution in [0.5, 0.6) is 0 Å². The first kappa shape index (κ1) is 26.4. The molecule has 0 saturated heterocycles. The number of nitrogens with two attached hydrogens (primary N) is 2. The van der Waals surface area contributed by atoms with Gasteiger partial charge >= 0.3 is 0 Å². The summed E-state index contributed by atoms with van der Waals surface area (Å²) in [6.45, 7) is 1.81. The Hall–Kier alpha value is -4.64. The second-order valence-electron chi connectivity index (χ2n) is 8.40. The van der Waals surface area contributed by atoms with Crippen LogP contribution in [-0.4, -0.2) is 22.1 Å². The molecule has 0 radical (unpaired) electrons. The van der Waals surface area contributed by atoms with Gasteiger partial charge in [0.2, 0.25) is 5.91 Å². The largest absolute Gasteiger partial charge is 0.395 e. The van der Waals surface area contributed by atoms with E-state index in [4.69, 9.17) is 11.5 Å². The topological polar surface area (TPSA) is 131 Å².